The molecule has 0 heterocycles. The van der Waals surface area contributed by atoms with Crippen LogP contribution in [-0.2, 0) is 36.7 Å². The Labute approximate surface area is 237 Å². The first kappa shape index (κ1) is 32.3. The van der Waals surface area contributed by atoms with Gasteiger partial charge in [0, 0.05) is 19.8 Å². The molecule has 40 heavy (non-hydrogen) atoms. The SMILES string of the molecule is COC(=O)[C@H](Cc1ccc(CCC(=O)NC(CC(C)C)c2ccc(OC(C)=O)cc2)cc1)NC(=O)OC(C)(C)C. The van der Waals surface area contributed by atoms with Gasteiger partial charge in [-0.15, -0.1) is 0 Å². The molecule has 0 radical (unpaired) electrons. The van der Waals surface area contributed by atoms with Crippen LogP contribution < -0.4 is 15.4 Å². The fourth-order valence-corrected chi connectivity index (χ4v) is 4.07. The van der Waals surface area contributed by atoms with Gasteiger partial charge in [-0.1, -0.05) is 50.2 Å². The van der Waals surface area contributed by atoms with Crippen LogP contribution in [0.25, 0.3) is 0 Å². The maximum absolute atomic E-state index is 12.8. The van der Waals surface area contributed by atoms with Crippen LogP contribution in [0.3, 0.4) is 0 Å². The molecule has 2 N–H and O–H groups in total. The minimum atomic E-state index is -0.891. The lowest BCUT2D eigenvalue weighted by Gasteiger charge is -2.22. The second-order valence-corrected chi connectivity index (χ2v) is 11.2. The molecule has 2 aromatic carbocycles. The van der Waals surface area contributed by atoms with E-state index in [4.69, 9.17) is 14.2 Å². The number of ether oxygens (including phenoxy) is 3. The zero-order valence-electron chi connectivity index (χ0n) is 24.5. The van der Waals surface area contributed by atoms with E-state index >= 15 is 0 Å². The van der Waals surface area contributed by atoms with Crippen molar-refractivity contribution in [3.05, 3.63) is 65.2 Å². The quantitative estimate of drug-likeness (QED) is 0.278. The molecule has 0 aromatic heterocycles. The number of aryl methyl sites for hydroxylation is 1. The Morgan fingerprint density at radius 2 is 1.48 bits per heavy atom. The molecule has 0 saturated heterocycles. The summed E-state index contributed by atoms with van der Waals surface area (Å²) in [6.07, 6.45) is 1.17. The number of carbonyl (C=O) groups excluding carboxylic acids is 4. The molecular weight excluding hydrogens is 512 g/mol. The summed E-state index contributed by atoms with van der Waals surface area (Å²) in [4.78, 5) is 48.4. The topological polar surface area (TPSA) is 120 Å². The lowest BCUT2D eigenvalue weighted by atomic mass is 9.96. The fraction of sp³-hybridized carbons (Fsp3) is 0.484. The van der Waals surface area contributed by atoms with E-state index in [1.54, 1.807) is 32.9 Å². The van der Waals surface area contributed by atoms with E-state index in [0.717, 1.165) is 23.1 Å². The molecule has 2 rings (SSSR count). The largest absolute Gasteiger partial charge is 0.467 e. The zero-order chi connectivity index (χ0) is 29.9. The third-order valence-corrected chi connectivity index (χ3v) is 5.87. The number of esters is 2. The van der Waals surface area contributed by atoms with Gasteiger partial charge in [-0.2, -0.15) is 0 Å². The van der Waals surface area contributed by atoms with Crippen molar-refractivity contribution in [3.8, 4) is 5.75 Å². The number of hydrogen-bond acceptors (Lipinski definition) is 7. The maximum Gasteiger partial charge on any atom is 0.408 e. The molecule has 0 saturated carbocycles. The molecule has 2 aromatic rings. The molecular formula is C31H42N2O7. The molecule has 218 valence electrons. The summed E-state index contributed by atoms with van der Waals surface area (Å²) >= 11 is 0. The maximum atomic E-state index is 12.8. The van der Waals surface area contributed by atoms with Crippen LogP contribution in [0.4, 0.5) is 4.79 Å². The van der Waals surface area contributed by atoms with Crippen molar-refractivity contribution in [2.45, 2.75) is 84.9 Å². The van der Waals surface area contributed by atoms with E-state index in [1.165, 1.54) is 14.0 Å². The van der Waals surface area contributed by atoms with Crippen LogP contribution in [0.15, 0.2) is 48.5 Å². The van der Waals surface area contributed by atoms with Crippen LogP contribution in [-0.4, -0.2) is 42.7 Å². The first-order chi connectivity index (χ1) is 18.8. The van der Waals surface area contributed by atoms with Crippen molar-refractivity contribution in [1.82, 2.24) is 10.6 Å². The lowest BCUT2D eigenvalue weighted by Crippen LogP contribution is -2.45. The van der Waals surface area contributed by atoms with Gasteiger partial charge in [-0.25, -0.2) is 9.59 Å². The zero-order valence-corrected chi connectivity index (χ0v) is 24.5. The monoisotopic (exact) mass is 554 g/mol. The van der Waals surface area contributed by atoms with Crippen LogP contribution >= 0.6 is 0 Å². The van der Waals surface area contributed by atoms with Crippen LogP contribution in [0.5, 0.6) is 5.75 Å². The average Bonchev–Trinajstić information content (AvgIpc) is 2.85. The second kappa shape index (κ2) is 15.1. The van der Waals surface area contributed by atoms with Gasteiger partial charge in [-0.05, 0) is 68.4 Å². The standard InChI is InChI=1S/C31H42N2O7/c1-20(2)18-26(24-13-15-25(16-14-24)39-21(3)34)32-28(35)17-12-22-8-10-23(11-9-22)19-27(29(36)38-7)33-30(37)40-31(4,5)6/h8-11,13-16,20,26-27H,12,17-19H2,1-7H3,(H,32,35)(H,33,37)/t26?,27-/m0/s1. The molecule has 1 unspecified atom stereocenters. The van der Waals surface area contributed by atoms with Gasteiger partial charge in [0.1, 0.15) is 17.4 Å². The molecule has 0 spiro atoms. The van der Waals surface area contributed by atoms with Gasteiger partial charge in [0.25, 0.3) is 0 Å². The van der Waals surface area contributed by atoms with Crippen molar-refractivity contribution in [3.63, 3.8) is 0 Å². The second-order valence-electron chi connectivity index (χ2n) is 11.2. The fourth-order valence-electron chi connectivity index (χ4n) is 4.07. The number of nitrogens with one attached hydrogen (secondary N) is 2. The summed E-state index contributed by atoms with van der Waals surface area (Å²) in [6.45, 7) is 10.8. The third-order valence-electron chi connectivity index (χ3n) is 5.87. The predicted molar refractivity (Wildman–Crippen MR) is 152 cm³/mol. The highest BCUT2D eigenvalue weighted by Gasteiger charge is 2.25. The van der Waals surface area contributed by atoms with Crippen molar-refractivity contribution < 1.29 is 33.4 Å². The van der Waals surface area contributed by atoms with Crippen molar-refractivity contribution >= 4 is 23.9 Å². The molecule has 0 aliphatic carbocycles. The average molecular weight is 555 g/mol. The summed E-state index contributed by atoms with van der Waals surface area (Å²) in [6, 6.07) is 13.7. The Morgan fingerprint density at radius 3 is 2.00 bits per heavy atom. The van der Waals surface area contributed by atoms with Crippen LogP contribution in [0.2, 0.25) is 0 Å². The summed E-state index contributed by atoms with van der Waals surface area (Å²) in [5.41, 5.74) is 2.06. The van der Waals surface area contributed by atoms with Crippen LogP contribution in [0.1, 0.15) is 77.1 Å². The van der Waals surface area contributed by atoms with Crippen molar-refractivity contribution in [2.24, 2.45) is 5.92 Å². The molecule has 0 fully saturated rings. The molecule has 2 atom stereocenters. The van der Waals surface area contributed by atoms with Gasteiger partial charge >= 0.3 is 18.0 Å². The minimum Gasteiger partial charge on any atom is -0.467 e. The summed E-state index contributed by atoms with van der Waals surface area (Å²) in [5, 5.41) is 5.71. The minimum absolute atomic E-state index is 0.0638. The van der Waals surface area contributed by atoms with Gasteiger partial charge in [0.05, 0.1) is 13.2 Å². The Balaban J connectivity index is 1.96. The van der Waals surface area contributed by atoms with E-state index in [2.05, 4.69) is 24.5 Å². The van der Waals surface area contributed by atoms with Gasteiger partial charge in [-0.3, -0.25) is 9.59 Å². The predicted octanol–water partition coefficient (Wildman–Crippen LogP) is 5.06. The summed E-state index contributed by atoms with van der Waals surface area (Å²) < 4.78 is 15.2. The van der Waals surface area contributed by atoms with E-state index in [9.17, 15) is 19.2 Å². The summed E-state index contributed by atoms with van der Waals surface area (Å²) in [7, 11) is 1.27. The number of carbonyl (C=O) groups is 4. The number of rotatable bonds is 12. The Hall–Kier alpha value is -3.88. The number of alkyl carbamates (subject to hydrolysis) is 1. The third kappa shape index (κ3) is 11.9. The van der Waals surface area contributed by atoms with Crippen molar-refractivity contribution in [2.75, 3.05) is 7.11 Å². The van der Waals surface area contributed by atoms with E-state index in [-0.39, 0.29) is 24.3 Å². The Bertz CT molecular complexity index is 1140. The molecule has 2 amide bonds. The number of amides is 2. The highest BCUT2D eigenvalue weighted by atomic mass is 16.6. The van der Waals surface area contributed by atoms with Gasteiger partial charge in [0.2, 0.25) is 5.91 Å². The normalized spacial score (nSPS) is 12.7. The first-order valence-electron chi connectivity index (χ1n) is 13.5. The van der Waals surface area contributed by atoms with Crippen molar-refractivity contribution in [1.29, 1.82) is 0 Å². The Morgan fingerprint density at radius 1 is 0.875 bits per heavy atom. The Kier molecular flexibility index (Phi) is 12.2. The van der Waals surface area contributed by atoms with E-state index in [1.807, 2.05) is 36.4 Å². The highest BCUT2D eigenvalue weighted by Crippen LogP contribution is 2.24. The van der Waals surface area contributed by atoms with Gasteiger partial charge < -0.3 is 24.8 Å². The molecule has 9 heteroatoms. The first-order valence-corrected chi connectivity index (χ1v) is 13.5. The number of benzene rings is 2. The molecule has 9 nitrogen and oxygen atoms in total. The number of methoxy groups -OCH3 is 1. The summed E-state index contributed by atoms with van der Waals surface area (Å²) in [5.74, 6) is -0.180. The van der Waals surface area contributed by atoms with E-state index < -0.39 is 23.7 Å². The number of hydrogen-bond donors (Lipinski definition) is 2. The van der Waals surface area contributed by atoms with E-state index in [0.29, 0.717) is 24.5 Å². The van der Waals surface area contributed by atoms with Crippen LogP contribution in [0, 0.1) is 5.92 Å². The highest BCUT2D eigenvalue weighted by molar-refractivity contribution is 5.81. The van der Waals surface area contributed by atoms with Gasteiger partial charge in [0.15, 0.2) is 0 Å². The molecule has 0 aliphatic heterocycles. The molecule has 0 aliphatic rings. The molecule has 0 bridgehead atoms. The smallest absolute Gasteiger partial charge is 0.408 e. The lowest BCUT2D eigenvalue weighted by molar-refractivity contribution is -0.143.